The van der Waals surface area contributed by atoms with Crippen LogP contribution in [0.15, 0.2) is 34.8 Å². The molecule has 0 unspecified atom stereocenters. The molecule has 0 aliphatic rings. The first-order valence-corrected chi connectivity index (χ1v) is 8.78. The molecular formula is C18H19BrN2O4S. The molecule has 2 aromatic carbocycles. The van der Waals surface area contributed by atoms with E-state index in [1.807, 2.05) is 13.0 Å². The van der Waals surface area contributed by atoms with Crippen molar-refractivity contribution in [3.05, 3.63) is 45.9 Å². The van der Waals surface area contributed by atoms with E-state index in [9.17, 15) is 4.79 Å². The van der Waals surface area contributed by atoms with Crippen LogP contribution in [0.3, 0.4) is 0 Å². The second-order valence-electron chi connectivity index (χ2n) is 5.28. The molecule has 0 atom stereocenters. The van der Waals surface area contributed by atoms with Gasteiger partial charge in [0.15, 0.2) is 5.11 Å². The van der Waals surface area contributed by atoms with Gasteiger partial charge in [-0.2, -0.15) is 0 Å². The Morgan fingerprint density at radius 3 is 2.42 bits per heavy atom. The number of carbonyl (C=O) groups is 1. The standard InChI is InChI=1S/C18H19BrN2O4S/c1-10-7-11(19)8-13(16(10)25-4)17(22)21-18(26)20-14-6-5-12(23-2)9-15(14)24-3/h5-9H,1-4H3,(H2,20,21,22,26). The number of benzene rings is 2. The van der Waals surface area contributed by atoms with Gasteiger partial charge in [0.05, 0.1) is 32.6 Å². The molecule has 0 aliphatic carbocycles. The molecule has 0 saturated heterocycles. The Bertz CT molecular complexity index is 842. The van der Waals surface area contributed by atoms with E-state index in [0.29, 0.717) is 28.5 Å². The summed E-state index contributed by atoms with van der Waals surface area (Å²) in [5.41, 5.74) is 1.82. The van der Waals surface area contributed by atoms with E-state index in [-0.39, 0.29) is 11.0 Å². The molecular weight excluding hydrogens is 420 g/mol. The van der Waals surface area contributed by atoms with Crippen LogP contribution in [0.5, 0.6) is 17.2 Å². The number of ether oxygens (including phenoxy) is 3. The Morgan fingerprint density at radius 1 is 1.08 bits per heavy atom. The van der Waals surface area contributed by atoms with Gasteiger partial charge in [-0.25, -0.2) is 0 Å². The van der Waals surface area contributed by atoms with Crippen molar-refractivity contribution in [3.8, 4) is 17.2 Å². The van der Waals surface area contributed by atoms with Crippen LogP contribution in [0.1, 0.15) is 15.9 Å². The first-order valence-electron chi connectivity index (χ1n) is 7.58. The fraction of sp³-hybridized carbons (Fsp3) is 0.222. The van der Waals surface area contributed by atoms with Crippen molar-refractivity contribution >= 4 is 44.9 Å². The fourth-order valence-electron chi connectivity index (χ4n) is 2.40. The van der Waals surface area contributed by atoms with Crippen molar-refractivity contribution in [2.75, 3.05) is 26.6 Å². The number of nitrogens with one attached hydrogen (secondary N) is 2. The van der Waals surface area contributed by atoms with Crippen LogP contribution < -0.4 is 24.8 Å². The number of rotatable bonds is 5. The summed E-state index contributed by atoms with van der Waals surface area (Å²) in [5, 5.41) is 5.73. The minimum atomic E-state index is -0.378. The highest BCUT2D eigenvalue weighted by Gasteiger charge is 2.17. The summed E-state index contributed by atoms with van der Waals surface area (Å²) < 4.78 is 16.6. The minimum Gasteiger partial charge on any atom is -0.497 e. The van der Waals surface area contributed by atoms with E-state index in [0.717, 1.165) is 10.0 Å². The minimum absolute atomic E-state index is 0.137. The third-order valence-electron chi connectivity index (χ3n) is 3.57. The van der Waals surface area contributed by atoms with Crippen molar-refractivity contribution in [1.29, 1.82) is 0 Å². The van der Waals surface area contributed by atoms with Gasteiger partial charge in [0.2, 0.25) is 0 Å². The predicted molar refractivity (Wildman–Crippen MR) is 109 cm³/mol. The number of hydrogen-bond acceptors (Lipinski definition) is 5. The highest BCUT2D eigenvalue weighted by Crippen LogP contribution is 2.30. The second-order valence-corrected chi connectivity index (χ2v) is 6.60. The molecule has 6 nitrogen and oxygen atoms in total. The Hall–Kier alpha value is -2.32. The molecule has 0 bridgehead atoms. The van der Waals surface area contributed by atoms with Gasteiger partial charge in [0.1, 0.15) is 17.2 Å². The SMILES string of the molecule is COc1ccc(NC(=S)NC(=O)c2cc(Br)cc(C)c2OC)c(OC)c1. The number of carbonyl (C=O) groups excluding carboxylic acids is 1. The molecule has 0 radical (unpaired) electrons. The summed E-state index contributed by atoms with van der Waals surface area (Å²) in [6.45, 7) is 1.86. The number of halogens is 1. The summed E-state index contributed by atoms with van der Waals surface area (Å²) >= 11 is 8.63. The summed E-state index contributed by atoms with van der Waals surface area (Å²) in [5.74, 6) is 1.31. The quantitative estimate of drug-likeness (QED) is 0.689. The topological polar surface area (TPSA) is 68.8 Å². The maximum absolute atomic E-state index is 12.6. The van der Waals surface area contributed by atoms with Crippen LogP contribution in [-0.2, 0) is 0 Å². The van der Waals surface area contributed by atoms with E-state index < -0.39 is 0 Å². The van der Waals surface area contributed by atoms with Gasteiger partial charge in [0, 0.05) is 10.5 Å². The number of anilines is 1. The second kappa shape index (κ2) is 8.86. The summed E-state index contributed by atoms with van der Waals surface area (Å²) in [4.78, 5) is 12.6. The molecule has 1 amide bonds. The van der Waals surface area contributed by atoms with Crippen molar-refractivity contribution in [2.24, 2.45) is 0 Å². The predicted octanol–water partition coefficient (Wildman–Crippen LogP) is 3.91. The zero-order valence-corrected chi connectivity index (χ0v) is 17.2. The van der Waals surface area contributed by atoms with Gasteiger partial charge < -0.3 is 19.5 Å². The van der Waals surface area contributed by atoms with Gasteiger partial charge in [-0.15, -0.1) is 0 Å². The Labute approximate surface area is 166 Å². The molecule has 8 heteroatoms. The summed E-state index contributed by atoms with van der Waals surface area (Å²) in [7, 11) is 4.63. The fourth-order valence-corrected chi connectivity index (χ4v) is 3.17. The number of aryl methyl sites for hydroxylation is 1. The highest BCUT2D eigenvalue weighted by molar-refractivity contribution is 9.10. The molecule has 0 fully saturated rings. The van der Waals surface area contributed by atoms with E-state index in [1.165, 1.54) is 14.2 Å². The van der Waals surface area contributed by atoms with E-state index in [4.69, 9.17) is 26.4 Å². The van der Waals surface area contributed by atoms with Crippen molar-refractivity contribution in [1.82, 2.24) is 5.32 Å². The van der Waals surface area contributed by atoms with E-state index in [1.54, 1.807) is 31.4 Å². The Kier molecular flexibility index (Phi) is 6.82. The van der Waals surface area contributed by atoms with E-state index in [2.05, 4.69) is 26.6 Å². The number of hydrogen-bond donors (Lipinski definition) is 2. The first-order chi connectivity index (χ1) is 12.4. The molecule has 0 spiro atoms. The average Bonchev–Trinajstić information content (AvgIpc) is 2.61. The number of amides is 1. The maximum Gasteiger partial charge on any atom is 0.261 e. The van der Waals surface area contributed by atoms with Crippen LogP contribution in [0, 0.1) is 6.92 Å². The van der Waals surface area contributed by atoms with Gasteiger partial charge >= 0.3 is 0 Å². The van der Waals surface area contributed by atoms with Gasteiger partial charge in [-0.3, -0.25) is 10.1 Å². The zero-order valence-electron chi connectivity index (χ0n) is 14.8. The maximum atomic E-state index is 12.6. The third kappa shape index (κ3) is 4.64. The third-order valence-corrected chi connectivity index (χ3v) is 4.23. The lowest BCUT2D eigenvalue weighted by Crippen LogP contribution is -2.34. The highest BCUT2D eigenvalue weighted by atomic mass is 79.9. The molecule has 2 aromatic rings. The van der Waals surface area contributed by atoms with Gasteiger partial charge in [0.25, 0.3) is 5.91 Å². The van der Waals surface area contributed by atoms with Crippen LogP contribution in [0.2, 0.25) is 0 Å². The monoisotopic (exact) mass is 438 g/mol. The lowest BCUT2D eigenvalue weighted by molar-refractivity contribution is 0.0974. The lowest BCUT2D eigenvalue weighted by Gasteiger charge is -2.15. The molecule has 0 aliphatic heterocycles. The van der Waals surface area contributed by atoms with Gasteiger partial charge in [-0.05, 0) is 49.0 Å². The molecule has 26 heavy (non-hydrogen) atoms. The first kappa shape index (κ1) is 20.0. The van der Waals surface area contributed by atoms with Crippen LogP contribution in [0.4, 0.5) is 5.69 Å². The van der Waals surface area contributed by atoms with E-state index >= 15 is 0 Å². The van der Waals surface area contributed by atoms with Crippen LogP contribution >= 0.6 is 28.1 Å². The number of thiocarbonyl (C=S) groups is 1. The van der Waals surface area contributed by atoms with Gasteiger partial charge in [-0.1, -0.05) is 15.9 Å². The lowest BCUT2D eigenvalue weighted by atomic mass is 10.1. The molecule has 0 saturated carbocycles. The Morgan fingerprint density at radius 2 is 1.81 bits per heavy atom. The number of methoxy groups -OCH3 is 3. The smallest absolute Gasteiger partial charge is 0.261 e. The van der Waals surface area contributed by atoms with Crippen molar-refractivity contribution in [2.45, 2.75) is 6.92 Å². The van der Waals surface area contributed by atoms with Crippen molar-refractivity contribution in [3.63, 3.8) is 0 Å². The molecule has 0 heterocycles. The molecule has 138 valence electrons. The van der Waals surface area contributed by atoms with Crippen LogP contribution in [-0.4, -0.2) is 32.3 Å². The summed E-state index contributed by atoms with van der Waals surface area (Å²) in [6, 6.07) is 8.77. The Balaban J connectivity index is 2.17. The summed E-state index contributed by atoms with van der Waals surface area (Å²) in [6.07, 6.45) is 0. The normalized spacial score (nSPS) is 10.0. The van der Waals surface area contributed by atoms with Crippen molar-refractivity contribution < 1.29 is 19.0 Å². The van der Waals surface area contributed by atoms with Crippen LogP contribution in [0.25, 0.3) is 0 Å². The largest absolute Gasteiger partial charge is 0.497 e. The zero-order chi connectivity index (χ0) is 19.3. The molecule has 0 aromatic heterocycles. The average molecular weight is 439 g/mol. The molecule has 2 rings (SSSR count). The molecule has 2 N–H and O–H groups in total.